The van der Waals surface area contributed by atoms with Crippen LogP contribution in [0.2, 0.25) is 0 Å². The highest BCUT2D eigenvalue weighted by molar-refractivity contribution is 5.77. The quantitative estimate of drug-likeness (QED) is 0.792. The Morgan fingerprint density at radius 3 is 3.12 bits per heavy atom. The first-order chi connectivity index (χ1) is 8.29. The minimum atomic E-state index is 0.0578. The lowest BCUT2D eigenvalue weighted by molar-refractivity contribution is -0.120. The molecule has 2 rings (SSSR count). The van der Waals surface area contributed by atoms with Crippen LogP contribution in [0.15, 0.2) is 18.3 Å². The summed E-state index contributed by atoms with van der Waals surface area (Å²) < 4.78 is 0. The molecule has 5 heteroatoms. The molecule has 0 unspecified atom stereocenters. The number of nitrogens with zero attached hydrogens (tertiary/aromatic N) is 2. The van der Waals surface area contributed by atoms with E-state index in [2.05, 4.69) is 15.6 Å². The van der Waals surface area contributed by atoms with E-state index >= 15 is 0 Å². The average molecular weight is 230 g/mol. The highest BCUT2D eigenvalue weighted by atomic mass is 16.1. The molecule has 0 atom stereocenters. The zero-order chi connectivity index (χ0) is 12.1. The van der Waals surface area contributed by atoms with E-state index in [1.54, 1.807) is 18.3 Å². The first-order valence-corrected chi connectivity index (χ1v) is 5.68. The van der Waals surface area contributed by atoms with Gasteiger partial charge in [0, 0.05) is 25.2 Å². The van der Waals surface area contributed by atoms with Gasteiger partial charge in [0.15, 0.2) is 5.69 Å². The molecule has 1 aliphatic rings. The van der Waals surface area contributed by atoms with Crippen LogP contribution in [0.25, 0.3) is 0 Å². The van der Waals surface area contributed by atoms with Crippen LogP contribution in [0.5, 0.6) is 0 Å². The summed E-state index contributed by atoms with van der Waals surface area (Å²) in [5.74, 6) is 0.0578. The lowest BCUT2D eigenvalue weighted by atomic mass is 10.3. The molecule has 88 valence electrons. The molecule has 1 aromatic heterocycles. The normalized spacial score (nSPS) is 13.8. The highest BCUT2D eigenvalue weighted by Gasteiger charge is 2.22. The van der Waals surface area contributed by atoms with Gasteiger partial charge in [0.2, 0.25) is 5.91 Å². The fourth-order valence-electron chi connectivity index (χ4n) is 1.48. The third-order valence-electron chi connectivity index (χ3n) is 2.52. The number of pyridine rings is 1. The van der Waals surface area contributed by atoms with Gasteiger partial charge in [0.05, 0.1) is 5.69 Å². The molecule has 1 fully saturated rings. The lowest BCUT2D eigenvalue weighted by Gasteiger charge is -2.07. The van der Waals surface area contributed by atoms with Crippen molar-refractivity contribution in [2.24, 2.45) is 0 Å². The summed E-state index contributed by atoms with van der Waals surface area (Å²) in [6, 6.07) is 5.94. The predicted octanol–water partition coefficient (Wildman–Crippen LogP) is 1.03. The molecule has 0 saturated heterocycles. The molecule has 17 heavy (non-hydrogen) atoms. The molecule has 2 N–H and O–H groups in total. The molecule has 0 aliphatic heterocycles. The van der Waals surface area contributed by atoms with Gasteiger partial charge in [-0.25, -0.2) is 4.98 Å². The van der Waals surface area contributed by atoms with E-state index in [-0.39, 0.29) is 5.91 Å². The van der Waals surface area contributed by atoms with Crippen LogP contribution in [-0.2, 0) is 4.79 Å². The molecule has 1 aromatic rings. The number of carbonyl (C=O) groups is 1. The van der Waals surface area contributed by atoms with Crippen LogP contribution in [0, 0.1) is 11.3 Å². The largest absolute Gasteiger partial charge is 0.382 e. The van der Waals surface area contributed by atoms with E-state index in [0.717, 1.165) is 12.8 Å². The van der Waals surface area contributed by atoms with E-state index in [9.17, 15) is 4.79 Å². The molecule has 1 amide bonds. The zero-order valence-corrected chi connectivity index (χ0v) is 9.44. The fraction of sp³-hybridized carbons (Fsp3) is 0.417. The number of anilines is 1. The van der Waals surface area contributed by atoms with Crippen molar-refractivity contribution < 1.29 is 4.79 Å². The van der Waals surface area contributed by atoms with Crippen molar-refractivity contribution in [2.75, 3.05) is 11.9 Å². The first-order valence-electron chi connectivity index (χ1n) is 5.68. The number of hydrogen-bond acceptors (Lipinski definition) is 4. The Morgan fingerprint density at radius 1 is 1.59 bits per heavy atom. The van der Waals surface area contributed by atoms with Gasteiger partial charge >= 0.3 is 0 Å². The van der Waals surface area contributed by atoms with Crippen molar-refractivity contribution in [2.45, 2.75) is 25.3 Å². The maximum atomic E-state index is 11.4. The minimum absolute atomic E-state index is 0.0578. The molecular formula is C12H14N4O. The Labute approximate surface area is 99.9 Å². The molecule has 0 bridgehead atoms. The second-order valence-corrected chi connectivity index (χ2v) is 4.03. The van der Waals surface area contributed by atoms with E-state index < -0.39 is 0 Å². The van der Waals surface area contributed by atoms with Crippen LogP contribution in [0.4, 0.5) is 5.69 Å². The summed E-state index contributed by atoms with van der Waals surface area (Å²) in [5.41, 5.74) is 1.03. The van der Waals surface area contributed by atoms with E-state index in [1.807, 2.05) is 6.07 Å². The monoisotopic (exact) mass is 230 g/mol. The Balaban J connectivity index is 1.77. The Hall–Kier alpha value is -2.09. The Morgan fingerprint density at radius 2 is 2.41 bits per heavy atom. The predicted molar refractivity (Wildman–Crippen MR) is 63.2 cm³/mol. The smallest absolute Gasteiger partial charge is 0.221 e. The average Bonchev–Trinajstić information content (AvgIpc) is 3.13. The second kappa shape index (κ2) is 5.30. The van der Waals surface area contributed by atoms with E-state index in [0.29, 0.717) is 30.4 Å². The van der Waals surface area contributed by atoms with E-state index in [4.69, 9.17) is 5.26 Å². The number of aromatic nitrogens is 1. The van der Waals surface area contributed by atoms with Crippen molar-refractivity contribution in [1.82, 2.24) is 10.3 Å². The standard InChI is InChI=1S/C12H14N4O/c13-8-11-10(2-1-6-14-11)15-7-5-12(17)16-9-3-4-9/h1-2,6,9,15H,3-5,7H2,(H,16,17). The Kier molecular flexibility index (Phi) is 3.55. The molecule has 1 heterocycles. The van der Waals surface area contributed by atoms with Crippen LogP contribution >= 0.6 is 0 Å². The molecule has 0 spiro atoms. The number of carbonyl (C=O) groups excluding carboxylic acids is 1. The highest BCUT2D eigenvalue weighted by Crippen LogP contribution is 2.18. The first kappa shape index (κ1) is 11.4. The molecule has 5 nitrogen and oxygen atoms in total. The molecule has 1 aliphatic carbocycles. The van der Waals surface area contributed by atoms with Crippen molar-refractivity contribution >= 4 is 11.6 Å². The van der Waals surface area contributed by atoms with Gasteiger partial charge in [0.25, 0.3) is 0 Å². The van der Waals surface area contributed by atoms with Crippen molar-refractivity contribution in [3.05, 3.63) is 24.0 Å². The van der Waals surface area contributed by atoms with Gasteiger partial charge in [-0.05, 0) is 25.0 Å². The summed E-state index contributed by atoms with van der Waals surface area (Å²) in [4.78, 5) is 15.3. The Bertz CT molecular complexity index is 448. The van der Waals surface area contributed by atoms with Crippen LogP contribution in [0.3, 0.4) is 0 Å². The van der Waals surface area contributed by atoms with Gasteiger partial charge in [-0.3, -0.25) is 4.79 Å². The lowest BCUT2D eigenvalue weighted by Crippen LogP contribution is -2.27. The van der Waals surface area contributed by atoms with Crippen LogP contribution in [0.1, 0.15) is 25.0 Å². The maximum absolute atomic E-state index is 11.4. The molecular weight excluding hydrogens is 216 g/mol. The number of nitrogens with one attached hydrogen (secondary N) is 2. The zero-order valence-electron chi connectivity index (χ0n) is 9.44. The van der Waals surface area contributed by atoms with Gasteiger partial charge < -0.3 is 10.6 Å². The van der Waals surface area contributed by atoms with Crippen molar-refractivity contribution in [3.63, 3.8) is 0 Å². The van der Waals surface area contributed by atoms with Crippen molar-refractivity contribution in [3.8, 4) is 6.07 Å². The summed E-state index contributed by atoms with van der Waals surface area (Å²) in [6.07, 6.45) is 4.18. The minimum Gasteiger partial charge on any atom is -0.382 e. The second-order valence-electron chi connectivity index (χ2n) is 4.03. The van der Waals surface area contributed by atoms with Gasteiger partial charge in [0.1, 0.15) is 6.07 Å². The summed E-state index contributed by atoms with van der Waals surface area (Å²) in [5, 5.41) is 14.8. The maximum Gasteiger partial charge on any atom is 0.221 e. The van der Waals surface area contributed by atoms with Gasteiger partial charge in [-0.2, -0.15) is 5.26 Å². The topological polar surface area (TPSA) is 77.8 Å². The number of hydrogen-bond donors (Lipinski definition) is 2. The number of amides is 1. The van der Waals surface area contributed by atoms with Crippen LogP contribution in [-0.4, -0.2) is 23.5 Å². The van der Waals surface area contributed by atoms with E-state index in [1.165, 1.54) is 0 Å². The van der Waals surface area contributed by atoms with Crippen molar-refractivity contribution in [1.29, 1.82) is 5.26 Å². The summed E-state index contributed by atoms with van der Waals surface area (Å²) in [7, 11) is 0. The summed E-state index contributed by atoms with van der Waals surface area (Å²) >= 11 is 0. The third-order valence-corrected chi connectivity index (χ3v) is 2.52. The fourth-order valence-corrected chi connectivity index (χ4v) is 1.48. The SMILES string of the molecule is N#Cc1ncccc1NCCC(=O)NC1CC1. The summed E-state index contributed by atoms with van der Waals surface area (Å²) in [6.45, 7) is 0.513. The van der Waals surface area contributed by atoms with Gasteiger partial charge in [-0.15, -0.1) is 0 Å². The molecule has 1 saturated carbocycles. The third kappa shape index (κ3) is 3.45. The van der Waals surface area contributed by atoms with Crippen LogP contribution < -0.4 is 10.6 Å². The number of nitriles is 1. The molecule has 0 radical (unpaired) electrons. The molecule has 0 aromatic carbocycles. The number of rotatable bonds is 5. The van der Waals surface area contributed by atoms with Gasteiger partial charge in [-0.1, -0.05) is 0 Å².